The molecule has 0 aliphatic carbocycles. The van der Waals surface area contributed by atoms with Crippen LogP contribution in [0.1, 0.15) is 71.3 Å². The molecule has 1 aliphatic heterocycles. The second-order valence-corrected chi connectivity index (χ2v) is 8.93. The summed E-state index contributed by atoms with van der Waals surface area (Å²) in [6.07, 6.45) is 1.33. The van der Waals surface area contributed by atoms with Crippen LogP contribution in [-0.2, 0) is 4.79 Å². The number of benzene rings is 2. The van der Waals surface area contributed by atoms with Crippen LogP contribution in [0.4, 0.5) is 5.69 Å². The molecule has 4 heteroatoms. The van der Waals surface area contributed by atoms with Gasteiger partial charge in [-0.25, -0.2) is 0 Å². The molecule has 1 heterocycles. The lowest BCUT2D eigenvalue weighted by Gasteiger charge is -2.22. The first-order chi connectivity index (χ1) is 13.1. The normalized spacial score (nSPS) is 15.7. The molecule has 0 spiro atoms. The average Bonchev–Trinajstić information content (AvgIpc) is 3.07. The molecule has 2 aromatic carbocycles. The number of nitrogens with one attached hydrogen (secondary N) is 1. The Balaban J connectivity index is 2.05. The summed E-state index contributed by atoms with van der Waals surface area (Å²) in [5, 5.41) is 3.15. The van der Waals surface area contributed by atoms with Crippen LogP contribution < -0.4 is 10.1 Å². The number of hydrogen-bond donors (Lipinski definition) is 1. The van der Waals surface area contributed by atoms with Crippen molar-refractivity contribution in [1.82, 2.24) is 0 Å². The molecule has 1 aliphatic rings. The Labute approximate surface area is 167 Å². The Kier molecular flexibility index (Phi) is 5.33. The zero-order valence-corrected chi connectivity index (χ0v) is 17.6. The summed E-state index contributed by atoms with van der Waals surface area (Å²) in [4.78, 5) is 23.8. The topological polar surface area (TPSA) is 55.4 Å². The van der Waals surface area contributed by atoms with E-state index in [0.717, 1.165) is 45.5 Å². The maximum absolute atomic E-state index is 12.6. The van der Waals surface area contributed by atoms with Gasteiger partial charge in [-0.2, -0.15) is 0 Å². The van der Waals surface area contributed by atoms with Crippen LogP contribution in [0.5, 0.6) is 5.75 Å². The SMILES string of the molecule is Cc1c(C)c2c(c(C)c1NC(=O)CC(C)(C)C)C(c1cccc(C=O)c1)CO2. The molecular weight excluding hydrogens is 350 g/mol. The fourth-order valence-electron chi connectivity index (χ4n) is 3.97. The van der Waals surface area contributed by atoms with Crippen LogP contribution >= 0.6 is 0 Å². The van der Waals surface area contributed by atoms with Gasteiger partial charge in [0.25, 0.3) is 0 Å². The highest BCUT2D eigenvalue weighted by Gasteiger charge is 2.32. The van der Waals surface area contributed by atoms with Gasteiger partial charge in [-0.15, -0.1) is 0 Å². The molecule has 148 valence electrons. The number of rotatable bonds is 4. The fourth-order valence-corrected chi connectivity index (χ4v) is 3.97. The van der Waals surface area contributed by atoms with Gasteiger partial charge in [-0.05, 0) is 54.5 Å². The van der Waals surface area contributed by atoms with E-state index in [1.54, 1.807) is 6.07 Å². The number of aldehydes is 1. The fraction of sp³-hybridized carbons (Fsp3) is 0.417. The lowest BCUT2D eigenvalue weighted by Crippen LogP contribution is -2.21. The zero-order chi connectivity index (χ0) is 20.6. The second-order valence-electron chi connectivity index (χ2n) is 8.93. The molecule has 3 rings (SSSR count). The Morgan fingerprint density at radius 3 is 2.54 bits per heavy atom. The summed E-state index contributed by atoms with van der Waals surface area (Å²) in [6, 6.07) is 7.66. The van der Waals surface area contributed by atoms with Crippen LogP contribution in [-0.4, -0.2) is 18.8 Å². The molecule has 0 radical (unpaired) electrons. The van der Waals surface area contributed by atoms with Crippen LogP contribution in [0.25, 0.3) is 0 Å². The van der Waals surface area contributed by atoms with Crippen LogP contribution in [0.3, 0.4) is 0 Å². The van der Waals surface area contributed by atoms with Crippen molar-refractivity contribution >= 4 is 17.9 Å². The third-order valence-corrected chi connectivity index (χ3v) is 5.45. The molecule has 0 bridgehead atoms. The number of anilines is 1. The van der Waals surface area contributed by atoms with Crippen LogP contribution in [0.2, 0.25) is 0 Å². The summed E-state index contributed by atoms with van der Waals surface area (Å²) in [7, 11) is 0. The third-order valence-electron chi connectivity index (χ3n) is 5.45. The largest absolute Gasteiger partial charge is 0.492 e. The first-order valence-corrected chi connectivity index (χ1v) is 9.74. The van der Waals surface area contributed by atoms with Gasteiger partial charge < -0.3 is 10.1 Å². The highest BCUT2D eigenvalue weighted by atomic mass is 16.5. The van der Waals surface area contributed by atoms with Crippen molar-refractivity contribution in [2.24, 2.45) is 5.41 Å². The highest BCUT2D eigenvalue weighted by molar-refractivity contribution is 5.93. The predicted octanol–water partition coefficient (Wildman–Crippen LogP) is 5.32. The molecule has 4 nitrogen and oxygen atoms in total. The standard InChI is InChI=1S/C24H29NO3/c1-14-15(2)23-21(16(3)22(14)25-20(27)11-24(4,5)6)19(13-28-23)18-9-7-8-17(10-18)12-26/h7-10,12,19H,11,13H2,1-6H3,(H,25,27). The molecule has 1 N–H and O–H groups in total. The summed E-state index contributed by atoms with van der Waals surface area (Å²) in [5.74, 6) is 0.981. The predicted molar refractivity (Wildman–Crippen MR) is 113 cm³/mol. The number of carbonyl (C=O) groups excluding carboxylic acids is 2. The van der Waals surface area contributed by atoms with E-state index in [-0.39, 0.29) is 17.2 Å². The minimum Gasteiger partial charge on any atom is -0.492 e. The van der Waals surface area contributed by atoms with Crippen molar-refractivity contribution in [3.8, 4) is 5.75 Å². The number of hydrogen-bond acceptors (Lipinski definition) is 3. The van der Waals surface area contributed by atoms with E-state index < -0.39 is 0 Å². The van der Waals surface area contributed by atoms with E-state index in [1.165, 1.54) is 0 Å². The number of amides is 1. The second kappa shape index (κ2) is 7.42. The first-order valence-electron chi connectivity index (χ1n) is 9.74. The van der Waals surface area contributed by atoms with Crippen molar-refractivity contribution in [3.05, 3.63) is 57.6 Å². The van der Waals surface area contributed by atoms with Gasteiger partial charge in [0.15, 0.2) is 0 Å². The Hall–Kier alpha value is -2.62. The molecule has 0 saturated heterocycles. The van der Waals surface area contributed by atoms with Gasteiger partial charge in [0.05, 0.1) is 6.61 Å². The summed E-state index contributed by atoms with van der Waals surface area (Å²) < 4.78 is 6.07. The Morgan fingerprint density at radius 1 is 1.18 bits per heavy atom. The monoisotopic (exact) mass is 379 g/mol. The van der Waals surface area contributed by atoms with Gasteiger partial charge in [0, 0.05) is 29.2 Å². The van der Waals surface area contributed by atoms with E-state index in [0.29, 0.717) is 18.6 Å². The Morgan fingerprint density at radius 2 is 1.89 bits per heavy atom. The summed E-state index contributed by atoms with van der Waals surface area (Å²) in [6.45, 7) is 12.8. The van der Waals surface area contributed by atoms with Gasteiger partial charge >= 0.3 is 0 Å². The van der Waals surface area contributed by atoms with Crippen molar-refractivity contribution in [1.29, 1.82) is 0 Å². The Bertz CT molecular complexity index is 938. The van der Waals surface area contributed by atoms with Crippen molar-refractivity contribution < 1.29 is 14.3 Å². The molecule has 0 fully saturated rings. The van der Waals surface area contributed by atoms with E-state index in [1.807, 2.05) is 39.0 Å². The van der Waals surface area contributed by atoms with E-state index >= 15 is 0 Å². The number of carbonyl (C=O) groups is 2. The smallest absolute Gasteiger partial charge is 0.224 e. The lowest BCUT2D eigenvalue weighted by molar-refractivity contribution is -0.117. The van der Waals surface area contributed by atoms with Crippen molar-refractivity contribution in [2.45, 2.75) is 53.9 Å². The van der Waals surface area contributed by atoms with E-state index in [4.69, 9.17) is 4.74 Å². The highest BCUT2D eigenvalue weighted by Crippen LogP contribution is 2.46. The third kappa shape index (κ3) is 3.82. The first kappa shape index (κ1) is 20.1. The van der Waals surface area contributed by atoms with Crippen molar-refractivity contribution in [3.63, 3.8) is 0 Å². The minimum absolute atomic E-state index is 0.0245. The average molecular weight is 380 g/mol. The maximum atomic E-state index is 12.6. The summed E-state index contributed by atoms with van der Waals surface area (Å²) >= 11 is 0. The van der Waals surface area contributed by atoms with Gasteiger partial charge in [-0.1, -0.05) is 39.0 Å². The molecular formula is C24H29NO3. The molecule has 28 heavy (non-hydrogen) atoms. The molecule has 1 amide bonds. The van der Waals surface area contributed by atoms with E-state index in [9.17, 15) is 9.59 Å². The van der Waals surface area contributed by atoms with E-state index in [2.05, 4.69) is 26.1 Å². The number of fused-ring (bicyclic) bond motifs is 1. The van der Waals surface area contributed by atoms with Crippen molar-refractivity contribution in [2.75, 3.05) is 11.9 Å². The van der Waals surface area contributed by atoms with Crippen LogP contribution in [0.15, 0.2) is 24.3 Å². The number of ether oxygens (including phenoxy) is 1. The molecule has 0 aromatic heterocycles. The quantitative estimate of drug-likeness (QED) is 0.731. The molecule has 0 saturated carbocycles. The molecule has 1 atom stereocenters. The zero-order valence-electron chi connectivity index (χ0n) is 17.6. The van der Waals surface area contributed by atoms with Gasteiger partial charge in [0.2, 0.25) is 5.91 Å². The van der Waals surface area contributed by atoms with Gasteiger partial charge in [0.1, 0.15) is 12.0 Å². The summed E-state index contributed by atoms with van der Waals surface area (Å²) in [5.41, 5.74) is 6.77. The minimum atomic E-state index is -0.0709. The lowest BCUT2D eigenvalue weighted by atomic mass is 9.85. The molecule has 2 aromatic rings. The molecule has 1 unspecified atom stereocenters. The van der Waals surface area contributed by atoms with Crippen LogP contribution in [0, 0.1) is 26.2 Å². The maximum Gasteiger partial charge on any atom is 0.224 e. The van der Waals surface area contributed by atoms with Gasteiger partial charge in [-0.3, -0.25) is 9.59 Å².